The van der Waals surface area contributed by atoms with Gasteiger partial charge in [0.05, 0.1) is 12.7 Å². The molecule has 0 unspecified atom stereocenters. The highest BCUT2D eigenvalue weighted by molar-refractivity contribution is 5.77. The van der Waals surface area contributed by atoms with Crippen molar-refractivity contribution in [2.75, 3.05) is 7.11 Å². The summed E-state index contributed by atoms with van der Waals surface area (Å²) in [6, 6.07) is 11.1. The number of hydrogen-bond donors (Lipinski definition) is 0. The fourth-order valence-electron chi connectivity index (χ4n) is 2.30. The van der Waals surface area contributed by atoms with E-state index < -0.39 is 11.7 Å². The van der Waals surface area contributed by atoms with Gasteiger partial charge >= 0.3 is 6.18 Å². The second kappa shape index (κ2) is 5.57. The Hall–Kier alpha value is -1.97. The van der Waals surface area contributed by atoms with E-state index >= 15 is 0 Å². The van der Waals surface area contributed by atoms with Crippen molar-refractivity contribution in [3.8, 4) is 16.9 Å². The quantitative estimate of drug-likeness (QED) is 0.773. The zero-order chi connectivity index (χ0) is 14.8. The van der Waals surface area contributed by atoms with Gasteiger partial charge in [-0.3, -0.25) is 0 Å². The lowest BCUT2D eigenvalue weighted by molar-refractivity contribution is -0.137. The largest absolute Gasteiger partial charge is 0.496 e. The normalized spacial score (nSPS) is 11.4. The first-order valence-electron chi connectivity index (χ1n) is 6.31. The van der Waals surface area contributed by atoms with Gasteiger partial charge in [0.2, 0.25) is 0 Å². The van der Waals surface area contributed by atoms with Crippen LogP contribution in [-0.2, 0) is 12.6 Å². The summed E-state index contributed by atoms with van der Waals surface area (Å²) in [5.41, 5.74) is 0.713. The Kier molecular flexibility index (Phi) is 4.02. The van der Waals surface area contributed by atoms with Gasteiger partial charge < -0.3 is 4.74 Å². The van der Waals surface area contributed by atoms with Crippen LogP contribution in [0.5, 0.6) is 5.75 Å². The van der Waals surface area contributed by atoms with E-state index in [0.717, 1.165) is 6.07 Å². The highest BCUT2D eigenvalue weighted by atomic mass is 19.4. The predicted octanol–water partition coefficient (Wildman–Crippen LogP) is 4.94. The summed E-state index contributed by atoms with van der Waals surface area (Å²) in [6.45, 7) is 1.84. The van der Waals surface area contributed by atoms with E-state index in [0.29, 0.717) is 23.3 Å². The van der Waals surface area contributed by atoms with Gasteiger partial charge in [-0.15, -0.1) is 0 Å². The number of para-hydroxylation sites is 1. The summed E-state index contributed by atoms with van der Waals surface area (Å²) in [4.78, 5) is 0. The molecule has 2 rings (SSSR count). The van der Waals surface area contributed by atoms with Crippen LogP contribution in [0, 0.1) is 0 Å². The summed E-state index contributed by atoms with van der Waals surface area (Å²) in [6.07, 6.45) is -3.86. The van der Waals surface area contributed by atoms with Crippen molar-refractivity contribution in [2.45, 2.75) is 19.5 Å². The lowest BCUT2D eigenvalue weighted by atomic mass is 9.92. The molecule has 0 saturated carbocycles. The zero-order valence-corrected chi connectivity index (χ0v) is 11.3. The molecule has 4 heteroatoms. The molecule has 0 spiro atoms. The van der Waals surface area contributed by atoms with Crippen molar-refractivity contribution < 1.29 is 17.9 Å². The van der Waals surface area contributed by atoms with E-state index in [9.17, 15) is 13.2 Å². The van der Waals surface area contributed by atoms with Crippen LogP contribution in [0.15, 0.2) is 42.5 Å². The molecule has 0 heterocycles. The van der Waals surface area contributed by atoms with Gasteiger partial charge in [-0.25, -0.2) is 0 Å². The van der Waals surface area contributed by atoms with E-state index in [1.807, 2.05) is 6.92 Å². The number of methoxy groups -OCH3 is 1. The molecule has 2 aromatic rings. The summed E-state index contributed by atoms with van der Waals surface area (Å²) < 4.78 is 44.9. The number of alkyl halides is 3. The fourth-order valence-corrected chi connectivity index (χ4v) is 2.30. The molecule has 0 saturated heterocycles. The van der Waals surface area contributed by atoms with Crippen molar-refractivity contribution >= 4 is 0 Å². The van der Waals surface area contributed by atoms with Crippen LogP contribution in [-0.4, -0.2) is 7.11 Å². The summed E-state index contributed by atoms with van der Waals surface area (Å²) in [7, 11) is 1.46. The molecule has 2 aromatic carbocycles. The van der Waals surface area contributed by atoms with Crippen LogP contribution < -0.4 is 4.74 Å². The Morgan fingerprint density at radius 2 is 1.70 bits per heavy atom. The molecule has 0 bridgehead atoms. The summed E-state index contributed by atoms with van der Waals surface area (Å²) >= 11 is 0. The molecule has 0 aliphatic rings. The Morgan fingerprint density at radius 3 is 2.30 bits per heavy atom. The zero-order valence-electron chi connectivity index (χ0n) is 11.3. The van der Waals surface area contributed by atoms with Crippen LogP contribution >= 0.6 is 0 Å². The molecule has 0 aliphatic heterocycles. The average molecular weight is 280 g/mol. The van der Waals surface area contributed by atoms with Crippen LogP contribution in [0.4, 0.5) is 13.2 Å². The van der Waals surface area contributed by atoms with Crippen LogP contribution in [0.2, 0.25) is 0 Å². The number of hydrogen-bond acceptors (Lipinski definition) is 1. The molecule has 0 N–H and O–H groups in total. The van der Waals surface area contributed by atoms with Crippen molar-refractivity contribution in [2.24, 2.45) is 0 Å². The number of aryl methyl sites for hydroxylation is 1. The predicted molar refractivity (Wildman–Crippen MR) is 72.8 cm³/mol. The van der Waals surface area contributed by atoms with Crippen molar-refractivity contribution in [3.63, 3.8) is 0 Å². The molecule has 20 heavy (non-hydrogen) atoms. The second-order valence-corrected chi connectivity index (χ2v) is 4.39. The first kappa shape index (κ1) is 14.4. The fraction of sp³-hybridized carbons (Fsp3) is 0.250. The Bertz CT molecular complexity index is 603. The number of ether oxygens (including phenoxy) is 1. The van der Waals surface area contributed by atoms with E-state index in [4.69, 9.17) is 4.74 Å². The molecule has 0 radical (unpaired) electrons. The number of rotatable bonds is 3. The van der Waals surface area contributed by atoms with Crippen LogP contribution in [0.25, 0.3) is 11.1 Å². The molecule has 0 amide bonds. The van der Waals surface area contributed by atoms with E-state index in [1.54, 1.807) is 30.3 Å². The number of halogens is 3. The third-order valence-electron chi connectivity index (χ3n) is 3.21. The highest BCUT2D eigenvalue weighted by Gasteiger charge is 2.34. The van der Waals surface area contributed by atoms with Gasteiger partial charge in [0.25, 0.3) is 0 Å². The molecular weight excluding hydrogens is 265 g/mol. The maximum Gasteiger partial charge on any atom is 0.417 e. The van der Waals surface area contributed by atoms with E-state index in [-0.39, 0.29) is 5.56 Å². The van der Waals surface area contributed by atoms with Gasteiger partial charge in [0, 0.05) is 11.1 Å². The van der Waals surface area contributed by atoms with E-state index in [1.165, 1.54) is 13.2 Å². The average Bonchev–Trinajstić information content (AvgIpc) is 2.45. The molecule has 106 valence electrons. The minimum absolute atomic E-state index is 0.208. The minimum Gasteiger partial charge on any atom is -0.496 e. The third kappa shape index (κ3) is 2.64. The molecular formula is C16H15F3O. The van der Waals surface area contributed by atoms with Gasteiger partial charge in [0.1, 0.15) is 5.75 Å². The molecule has 0 aliphatic carbocycles. The smallest absolute Gasteiger partial charge is 0.417 e. The lowest BCUT2D eigenvalue weighted by Crippen LogP contribution is -2.09. The van der Waals surface area contributed by atoms with Crippen molar-refractivity contribution in [3.05, 3.63) is 53.6 Å². The van der Waals surface area contributed by atoms with Crippen LogP contribution in [0.3, 0.4) is 0 Å². The van der Waals surface area contributed by atoms with E-state index in [2.05, 4.69) is 0 Å². The monoisotopic (exact) mass is 280 g/mol. The first-order valence-corrected chi connectivity index (χ1v) is 6.31. The maximum absolute atomic E-state index is 13.2. The molecule has 1 nitrogen and oxygen atoms in total. The maximum atomic E-state index is 13.2. The molecule has 0 aromatic heterocycles. The summed E-state index contributed by atoms with van der Waals surface area (Å²) in [5, 5.41) is 0. The van der Waals surface area contributed by atoms with Crippen LogP contribution in [0.1, 0.15) is 18.1 Å². The number of benzene rings is 2. The summed E-state index contributed by atoms with van der Waals surface area (Å²) in [5.74, 6) is 0.443. The Balaban J connectivity index is 2.77. The highest BCUT2D eigenvalue weighted by Crippen LogP contribution is 2.42. The first-order chi connectivity index (χ1) is 9.49. The second-order valence-electron chi connectivity index (χ2n) is 4.39. The van der Waals surface area contributed by atoms with Crippen molar-refractivity contribution in [1.82, 2.24) is 0 Å². The lowest BCUT2D eigenvalue weighted by Gasteiger charge is -2.18. The third-order valence-corrected chi connectivity index (χ3v) is 3.21. The Morgan fingerprint density at radius 1 is 1.00 bits per heavy atom. The Labute approximate surface area is 116 Å². The standard InChI is InChI=1S/C16H15F3O/c1-3-11-7-6-9-13(16(17,18)19)15(11)12-8-4-5-10-14(12)20-2/h4-10H,3H2,1-2H3. The molecule has 0 atom stereocenters. The van der Waals surface area contributed by atoms with Gasteiger partial charge in [0.15, 0.2) is 0 Å². The topological polar surface area (TPSA) is 9.23 Å². The van der Waals surface area contributed by atoms with Gasteiger partial charge in [-0.1, -0.05) is 37.3 Å². The molecule has 0 fully saturated rings. The van der Waals surface area contributed by atoms with Crippen molar-refractivity contribution in [1.29, 1.82) is 0 Å². The SMILES string of the molecule is CCc1cccc(C(F)(F)F)c1-c1ccccc1OC. The minimum atomic E-state index is -4.39. The van der Waals surface area contributed by atoms with Gasteiger partial charge in [-0.2, -0.15) is 13.2 Å². The van der Waals surface area contributed by atoms with Gasteiger partial charge in [-0.05, 0) is 24.1 Å².